The number of sulfonamides is 1. The van der Waals surface area contributed by atoms with Crippen molar-refractivity contribution in [3.8, 4) is 17.2 Å². The molecule has 0 aliphatic carbocycles. The molecule has 31 heavy (non-hydrogen) atoms. The van der Waals surface area contributed by atoms with Gasteiger partial charge in [0, 0.05) is 19.2 Å². The first-order chi connectivity index (χ1) is 14.9. The number of nitrogens with one attached hydrogen (secondary N) is 1. The maximum atomic E-state index is 13.2. The number of benzene rings is 2. The summed E-state index contributed by atoms with van der Waals surface area (Å²) in [5.74, 6) is 0.790. The first-order valence-corrected chi connectivity index (χ1v) is 11.6. The van der Waals surface area contributed by atoms with Gasteiger partial charge >= 0.3 is 0 Å². The summed E-state index contributed by atoms with van der Waals surface area (Å²) < 4.78 is 43.6. The number of hydrogen-bond acceptors (Lipinski definition) is 6. The monoisotopic (exact) mass is 448 g/mol. The molecule has 168 valence electrons. The SMILES string of the molecule is COc1ccc(C(=O)Nc2cc(S(=O)(=O)N3CCCCCC3)ccc2OC)c(OC)c1. The van der Waals surface area contributed by atoms with Crippen molar-refractivity contribution in [2.24, 2.45) is 0 Å². The first-order valence-electron chi connectivity index (χ1n) is 10.1. The predicted molar refractivity (Wildman–Crippen MR) is 118 cm³/mol. The van der Waals surface area contributed by atoms with Crippen LogP contribution in [0.4, 0.5) is 5.69 Å². The molecular formula is C22H28N2O6S. The second kappa shape index (κ2) is 10.0. The average molecular weight is 449 g/mol. The smallest absolute Gasteiger partial charge is 0.259 e. The van der Waals surface area contributed by atoms with Gasteiger partial charge in [0.25, 0.3) is 5.91 Å². The molecule has 3 rings (SSSR count). The Balaban J connectivity index is 1.92. The van der Waals surface area contributed by atoms with E-state index >= 15 is 0 Å². The fourth-order valence-electron chi connectivity index (χ4n) is 3.55. The third kappa shape index (κ3) is 5.11. The van der Waals surface area contributed by atoms with Crippen LogP contribution in [-0.4, -0.2) is 53.0 Å². The van der Waals surface area contributed by atoms with Gasteiger partial charge in [-0.2, -0.15) is 4.31 Å². The molecule has 0 radical (unpaired) electrons. The van der Waals surface area contributed by atoms with E-state index in [4.69, 9.17) is 14.2 Å². The molecule has 8 nitrogen and oxygen atoms in total. The summed E-state index contributed by atoms with van der Waals surface area (Å²) in [4.78, 5) is 13.0. The van der Waals surface area contributed by atoms with Gasteiger partial charge in [0.15, 0.2) is 0 Å². The Hall–Kier alpha value is -2.78. The zero-order valence-electron chi connectivity index (χ0n) is 18.0. The summed E-state index contributed by atoms with van der Waals surface area (Å²) in [5, 5.41) is 2.75. The Bertz CT molecular complexity index is 1030. The first kappa shape index (κ1) is 22.9. The van der Waals surface area contributed by atoms with Crippen LogP contribution >= 0.6 is 0 Å². The van der Waals surface area contributed by atoms with E-state index in [0.717, 1.165) is 25.7 Å². The summed E-state index contributed by atoms with van der Waals surface area (Å²) in [5.41, 5.74) is 0.549. The van der Waals surface area contributed by atoms with E-state index in [1.165, 1.54) is 37.8 Å². The van der Waals surface area contributed by atoms with Gasteiger partial charge in [0.1, 0.15) is 17.2 Å². The van der Waals surface area contributed by atoms with Crippen LogP contribution < -0.4 is 19.5 Å². The highest BCUT2D eigenvalue weighted by Gasteiger charge is 2.26. The maximum Gasteiger partial charge on any atom is 0.259 e. The quantitative estimate of drug-likeness (QED) is 0.696. The zero-order chi connectivity index (χ0) is 22.4. The third-order valence-corrected chi connectivity index (χ3v) is 7.17. The van der Waals surface area contributed by atoms with Gasteiger partial charge in [-0.25, -0.2) is 8.42 Å². The van der Waals surface area contributed by atoms with E-state index in [0.29, 0.717) is 30.3 Å². The Morgan fingerprint density at radius 2 is 1.55 bits per heavy atom. The number of ether oxygens (including phenoxy) is 3. The second-order valence-electron chi connectivity index (χ2n) is 7.20. The summed E-state index contributed by atoms with van der Waals surface area (Å²) in [6.45, 7) is 0.998. The Morgan fingerprint density at radius 3 is 2.16 bits per heavy atom. The molecule has 1 fully saturated rings. The summed E-state index contributed by atoms with van der Waals surface area (Å²) in [6, 6.07) is 9.32. The van der Waals surface area contributed by atoms with E-state index < -0.39 is 15.9 Å². The van der Waals surface area contributed by atoms with Crippen molar-refractivity contribution < 1.29 is 27.4 Å². The molecule has 2 aromatic carbocycles. The number of carbonyl (C=O) groups is 1. The van der Waals surface area contributed by atoms with Gasteiger partial charge in [-0.05, 0) is 43.2 Å². The summed E-state index contributed by atoms with van der Waals surface area (Å²) >= 11 is 0. The maximum absolute atomic E-state index is 13.2. The van der Waals surface area contributed by atoms with Crippen LogP contribution in [0.3, 0.4) is 0 Å². The Labute approximate surface area is 183 Å². The number of rotatable bonds is 7. The molecule has 1 aliphatic rings. The van der Waals surface area contributed by atoms with E-state index in [9.17, 15) is 13.2 Å². The lowest BCUT2D eigenvalue weighted by Gasteiger charge is -2.21. The van der Waals surface area contributed by atoms with Gasteiger partial charge in [-0.3, -0.25) is 4.79 Å². The van der Waals surface area contributed by atoms with Crippen LogP contribution in [0.1, 0.15) is 36.0 Å². The van der Waals surface area contributed by atoms with Crippen LogP contribution in [0.2, 0.25) is 0 Å². The van der Waals surface area contributed by atoms with Crippen molar-refractivity contribution in [1.82, 2.24) is 4.31 Å². The lowest BCUT2D eigenvalue weighted by molar-refractivity contribution is 0.102. The summed E-state index contributed by atoms with van der Waals surface area (Å²) in [6.07, 6.45) is 3.74. The van der Waals surface area contributed by atoms with Crippen molar-refractivity contribution >= 4 is 21.6 Å². The van der Waals surface area contributed by atoms with E-state index in [1.54, 1.807) is 24.3 Å². The Kier molecular flexibility index (Phi) is 7.40. The average Bonchev–Trinajstić information content (AvgIpc) is 3.08. The van der Waals surface area contributed by atoms with E-state index in [2.05, 4.69) is 5.32 Å². The van der Waals surface area contributed by atoms with Gasteiger partial charge in [0.2, 0.25) is 10.0 Å². The minimum absolute atomic E-state index is 0.118. The van der Waals surface area contributed by atoms with Crippen LogP contribution in [-0.2, 0) is 10.0 Å². The number of amides is 1. The molecule has 0 aromatic heterocycles. The third-order valence-electron chi connectivity index (χ3n) is 5.28. The minimum atomic E-state index is -3.67. The molecule has 1 aliphatic heterocycles. The molecule has 2 aromatic rings. The number of anilines is 1. The van der Waals surface area contributed by atoms with Crippen molar-refractivity contribution in [2.45, 2.75) is 30.6 Å². The predicted octanol–water partition coefficient (Wildman–Crippen LogP) is 3.53. The molecule has 1 N–H and O–H groups in total. The molecule has 1 saturated heterocycles. The summed E-state index contributed by atoms with van der Waals surface area (Å²) in [7, 11) is 0.773. The van der Waals surface area contributed by atoms with E-state index in [1.807, 2.05) is 0 Å². The number of methoxy groups -OCH3 is 3. The van der Waals surface area contributed by atoms with Crippen molar-refractivity contribution in [1.29, 1.82) is 0 Å². The fraction of sp³-hybridized carbons (Fsp3) is 0.409. The highest BCUT2D eigenvalue weighted by atomic mass is 32.2. The van der Waals surface area contributed by atoms with E-state index in [-0.39, 0.29) is 16.1 Å². The highest BCUT2D eigenvalue weighted by molar-refractivity contribution is 7.89. The molecule has 1 amide bonds. The normalized spacial score (nSPS) is 15.1. The van der Waals surface area contributed by atoms with Crippen molar-refractivity contribution in [3.63, 3.8) is 0 Å². The lowest BCUT2D eigenvalue weighted by atomic mass is 10.1. The Morgan fingerprint density at radius 1 is 0.871 bits per heavy atom. The van der Waals surface area contributed by atoms with Crippen LogP contribution in [0.5, 0.6) is 17.2 Å². The van der Waals surface area contributed by atoms with Crippen molar-refractivity contribution in [3.05, 3.63) is 42.0 Å². The number of carbonyl (C=O) groups excluding carboxylic acids is 1. The van der Waals surface area contributed by atoms with Crippen LogP contribution in [0.15, 0.2) is 41.3 Å². The molecule has 0 saturated carbocycles. The van der Waals surface area contributed by atoms with Gasteiger partial charge < -0.3 is 19.5 Å². The van der Waals surface area contributed by atoms with Gasteiger partial charge in [-0.15, -0.1) is 0 Å². The van der Waals surface area contributed by atoms with Gasteiger partial charge in [0.05, 0.1) is 37.5 Å². The highest BCUT2D eigenvalue weighted by Crippen LogP contribution is 2.31. The van der Waals surface area contributed by atoms with Crippen molar-refractivity contribution in [2.75, 3.05) is 39.7 Å². The lowest BCUT2D eigenvalue weighted by Crippen LogP contribution is -2.32. The molecule has 0 unspecified atom stereocenters. The molecule has 0 bridgehead atoms. The number of hydrogen-bond donors (Lipinski definition) is 1. The number of nitrogens with zero attached hydrogens (tertiary/aromatic N) is 1. The molecule has 9 heteroatoms. The fourth-order valence-corrected chi connectivity index (χ4v) is 5.10. The zero-order valence-corrected chi connectivity index (χ0v) is 18.8. The standard InChI is InChI=1S/C22H28N2O6S/c1-28-16-8-10-18(21(14-16)30-3)22(25)23-19-15-17(9-11-20(19)29-2)31(26,27)24-12-6-4-5-7-13-24/h8-11,14-15H,4-7,12-13H2,1-3H3,(H,23,25). The van der Waals surface area contributed by atoms with Gasteiger partial charge in [-0.1, -0.05) is 12.8 Å². The second-order valence-corrected chi connectivity index (χ2v) is 9.14. The van der Waals surface area contributed by atoms with Crippen LogP contribution in [0.25, 0.3) is 0 Å². The minimum Gasteiger partial charge on any atom is -0.497 e. The molecular weight excluding hydrogens is 420 g/mol. The largest absolute Gasteiger partial charge is 0.497 e. The van der Waals surface area contributed by atoms with Crippen LogP contribution in [0, 0.1) is 0 Å². The molecule has 0 atom stereocenters. The molecule has 1 heterocycles. The topological polar surface area (TPSA) is 94.2 Å². The molecule has 0 spiro atoms.